The molecular weight excluding hydrogens is 256 g/mol. The summed E-state index contributed by atoms with van der Waals surface area (Å²) in [6, 6.07) is 2.32. The van der Waals surface area contributed by atoms with Crippen LogP contribution in [0.3, 0.4) is 0 Å². The molecule has 0 aromatic rings. The van der Waals surface area contributed by atoms with Gasteiger partial charge in [-0.3, -0.25) is 9.59 Å². The lowest BCUT2D eigenvalue weighted by Gasteiger charge is -2.32. The number of nitrogens with zero attached hydrogens (tertiary/aromatic N) is 3. The van der Waals surface area contributed by atoms with E-state index in [2.05, 4.69) is 10.2 Å². The molecule has 1 saturated heterocycles. The maximum Gasteiger partial charge on any atom is 0.223 e. The number of amides is 2. The molecule has 0 spiro atoms. The van der Waals surface area contributed by atoms with Crippen molar-refractivity contribution in [1.29, 1.82) is 5.26 Å². The molecule has 0 aliphatic carbocycles. The van der Waals surface area contributed by atoms with Crippen molar-refractivity contribution in [2.75, 3.05) is 33.2 Å². The van der Waals surface area contributed by atoms with Gasteiger partial charge in [0.2, 0.25) is 11.8 Å². The van der Waals surface area contributed by atoms with Gasteiger partial charge >= 0.3 is 0 Å². The van der Waals surface area contributed by atoms with Crippen LogP contribution < -0.4 is 5.32 Å². The highest BCUT2D eigenvalue weighted by Gasteiger charge is 2.20. The average Bonchev–Trinajstić information content (AvgIpc) is 2.43. The fourth-order valence-electron chi connectivity index (χ4n) is 2.38. The van der Waals surface area contributed by atoms with Crippen LogP contribution in [0.2, 0.25) is 0 Å². The third-order valence-electron chi connectivity index (χ3n) is 3.62. The highest BCUT2D eigenvalue weighted by molar-refractivity contribution is 5.76. The van der Waals surface area contributed by atoms with Gasteiger partial charge in [0.05, 0.1) is 12.5 Å². The minimum absolute atomic E-state index is 0.0257. The standard InChI is InChI=1S/C14H24N4O2/c1-12(19)16-13-4-9-18(10-5-13)11-6-14(20)17(2)8-3-7-15/h13H,3-6,8-11H2,1-2H3,(H,16,19). The van der Waals surface area contributed by atoms with Crippen molar-refractivity contribution in [3.05, 3.63) is 0 Å². The summed E-state index contributed by atoms with van der Waals surface area (Å²) in [4.78, 5) is 26.7. The number of piperidine rings is 1. The summed E-state index contributed by atoms with van der Waals surface area (Å²) in [5.74, 6) is 0.113. The quantitative estimate of drug-likeness (QED) is 0.761. The summed E-state index contributed by atoms with van der Waals surface area (Å²) in [6.45, 7) is 4.63. The van der Waals surface area contributed by atoms with Gasteiger partial charge in [0.1, 0.15) is 0 Å². The van der Waals surface area contributed by atoms with Crippen LogP contribution in [-0.4, -0.2) is 60.9 Å². The van der Waals surface area contributed by atoms with E-state index in [4.69, 9.17) is 5.26 Å². The Morgan fingerprint density at radius 3 is 2.60 bits per heavy atom. The molecule has 1 rings (SSSR count). The Morgan fingerprint density at radius 1 is 1.40 bits per heavy atom. The summed E-state index contributed by atoms with van der Waals surface area (Å²) in [5.41, 5.74) is 0. The molecule has 1 aliphatic rings. The van der Waals surface area contributed by atoms with Crippen molar-refractivity contribution in [2.45, 2.75) is 38.6 Å². The molecule has 0 aromatic heterocycles. The molecule has 6 nitrogen and oxygen atoms in total. The second-order valence-corrected chi connectivity index (χ2v) is 5.29. The number of rotatable bonds is 6. The van der Waals surface area contributed by atoms with E-state index in [-0.39, 0.29) is 17.9 Å². The molecule has 0 radical (unpaired) electrons. The summed E-state index contributed by atoms with van der Waals surface area (Å²) in [5, 5.41) is 11.4. The lowest BCUT2D eigenvalue weighted by molar-refractivity contribution is -0.130. The van der Waals surface area contributed by atoms with Gasteiger partial charge in [-0.1, -0.05) is 0 Å². The maximum atomic E-state index is 11.8. The molecule has 2 amide bonds. The zero-order valence-corrected chi connectivity index (χ0v) is 12.4. The molecule has 112 valence electrons. The van der Waals surface area contributed by atoms with E-state index in [0.29, 0.717) is 19.4 Å². The number of carbonyl (C=O) groups excluding carboxylic acids is 2. The third-order valence-corrected chi connectivity index (χ3v) is 3.62. The molecule has 0 aromatic carbocycles. The summed E-state index contributed by atoms with van der Waals surface area (Å²) < 4.78 is 0. The van der Waals surface area contributed by atoms with Crippen LogP contribution in [0.4, 0.5) is 0 Å². The Morgan fingerprint density at radius 2 is 2.05 bits per heavy atom. The zero-order valence-electron chi connectivity index (χ0n) is 12.4. The van der Waals surface area contributed by atoms with Crippen molar-refractivity contribution >= 4 is 11.8 Å². The Kier molecular flexibility index (Phi) is 7.02. The highest BCUT2D eigenvalue weighted by atomic mass is 16.2. The Hall–Kier alpha value is -1.61. The summed E-state index contributed by atoms with van der Waals surface area (Å²) in [7, 11) is 1.74. The van der Waals surface area contributed by atoms with Crippen molar-refractivity contribution < 1.29 is 9.59 Å². The number of nitriles is 1. The molecule has 0 bridgehead atoms. The smallest absolute Gasteiger partial charge is 0.223 e. The second-order valence-electron chi connectivity index (χ2n) is 5.29. The second kappa shape index (κ2) is 8.54. The number of carbonyl (C=O) groups is 2. The molecule has 6 heteroatoms. The van der Waals surface area contributed by atoms with Crippen LogP contribution in [0.5, 0.6) is 0 Å². The highest BCUT2D eigenvalue weighted by Crippen LogP contribution is 2.10. The van der Waals surface area contributed by atoms with Gasteiger partial charge in [0, 0.05) is 52.6 Å². The molecule has 0 saturated carbocycles. The van der Waals surface area contributed by atoms with Gasteiger partial charge < -0.3 is 15.1 Å². The maximum absolute atomic E-state index is 11.8. The van der Waals surface area contributed by atoms with E-state index in [0.717, 1.165) is 32.5 Å². The van der Waals surface area contributed by atoms with E-state index >= 15 is 0 Å². The van der Waals surface area contributed by atoms with Crippen LogP contribution in [-0.2, 0) is 9.59 Å². The molecule has 1 fully saturated rings. The van der Waals surface area contributed by atoms with E-state index < -0.39 is 0 Å². The average molecular weight is 280 g/mol. The van der Waals surface area contributed by atoms with Crippen LogP contribution in [0.1, 0.15) is 32.6 Å². The SMILES string of the molecule is CC(=O)NC1CCN(CCC(=O)N(C)CCC#N)CC1. The predicted molar refractivity (Wildman–Crippen MR) is 75.8 cm³/mol. The van der Waals surface area contributed by atoms with Gasteiger partial charge in [-0.05, 0) is 12.8 Å². The number of nitrogens with one attached hydrogen (secondary N) is 1. The molecule has 1 heterocycles. The first-order valence-electron chi connectivity index (χ1n) is 7.13. The van der Waals surface area contributed by atoms with Gasteiger partial charge in [-0.25, -0.2) is 0 Å². The summed E-state index contributed by atoms with van der Waals surface area (Å²) in [6.07, 6.45) is 2.76. The molecule has 1 aliphatic heterocycles. The van der Waals surface area contributed by atoms with E-state index in [1.165, 1.54) is 0 Å². The monoisotopic (exact) mass is 280 g/mol. The van der Waals surface area contributed by atoms with Gasteiger partial charge in [-0.15, -0.1) is 0 Å². The van der Waals surface area contributed by atoms with Gasteiger partial charge in [-0.2, -0.15) is 5.26 Å². The molecule has 1 N–H and O–H groups in total. The first kappa shape index (κ1) is 16.4. The molecule has 0 atom stereocenters. The fraction of sp³-hybridized carbons (Fsp3) is 0.786. The van der Waals surface area contributed by atoms with E-state index in [1.54, 1.807) is 18.9 Å². The van der Waals surface area contributed by atoms with E-state index in [1.807, 2.05) is 6.07 Å². The van der Waals surface area contributed by atoms with Crippen LogP contribution in [0.25, 0.3) is 0 Å². The first-order valence-corrected chi connectivity index (χ1v) is 7.13. The van der Waals surface area contributed by atoms with Crippen molar-refractivity contribution in [3.63, 3.8) is 0 Å². The van der Waals surface area contributed by atoms with Crippen LogP contribution in [0.15, 0.2) is 0 Å². The van der Waals surface area contributed by atoms with Crippen LogP contribution in [0, 0.1) is 11.3 Å². The third kappa shape index (κ3) is 6.02. The zero-order chi connectivity index (χ0) is 15.0. The van der Waals surface area contributed by atoms with E-state index in [9.17, 15) is 9.59 Å². The predicted octanol–water partition coefficient (Wildman–Crippen LogP) is 0.349. The minimum Gasteiger partial charge on any atom is -0.354 e. The normalized spacial score (nSPS) is 16.4. The lowest BCUT2D eigenvalue weighted by atomic mass is 10.0. The fourth-order valence-corrected chi connectivity index (χ4v) is 2.38. The minimum atomic E-state index is 0.0257. The van der Waals surface area contributed by atoms with Crippen molar-refractivity contribution in [3.8, 4) is 6.07 Å². The van der Waals surface area contributed by atoms with Gasteiger partial charge in [0.15, 0.2) is 0 Å². The van der Waals surface area contributed by atoms with Crippen LogP contribution >= 0.6 is 0 Å². The molecule has 20 heavy (non-hydrogen) atoms. The summed E-state index contributed by atoms with van der Waals surface area (Å²) >= 11 is 0. The first-order chi connectivity index (χ1) is 9.52. The molecular formula is C14H24N4O2. The lowest BCUT2D eigenvalue weighted by Crippen LogP contribution is -2.44. The topological polar surface area (TPSA) is 76.4 Å². The number of hydrogen-bond acceptors (Lipinski definition) is 4. The van der Waals surface area contributed by atoms with Crippen molar-refractivity contribution in [2.24, 2.45) is 0 Å². The molecule has 0 unspecified atom stereocenters. The Bertz CT molecular complexity index is 370. The van der Waals surface area contributed by atoms with Crippen molar-refractivity contribution in [1.82, 2.24) is 15.1 Å². The Balaban J connectivity index is 2.19. The largest absolute Gasteiger partial charge is 0.354 e. The number of hydrogen-bond donors (Lipinski definition) is 1. The van der Waals surface area contributed by atoms with Gasteiger partial charge in [0.25, 0.3) is 0 Å². The Labute approximate surface area is 120 Å². The number of likely N-dealkylation sites (tertiary alicyclic amines) is 1.